The van der Waals surface area contributed by atoms with Crippen molar-refractivity contribution in [2.24, 2.45) is 0 Å². The molecule has 0 amide bonds. The van der Waals surface area contributed by atoms with Crippen LogP contribution in [0, 0.1) is 0 Å². The van der Waals surface area contributed by atoms with E-state index in [0.717, 1.165) is 72.9 Å². The highest BCUT2D eigenvalue weighted by Gasteiger charge is 2.36. The van der Waals surface area contributed by atoms with Crippen molar-refractivity contribution in [3.63, 3.8) is 0 Å². The zero-order chi connectivity index (χ0) is 53.5. The predicted molar refractivity (Wildman–Crippen MR) is 335 cm³/mol. The maximum atomic E-state index is 15.4. The molecule has 1 aliphatic carbocycles. The van der Waals surface area contributed by atoms with Crippen LogP contribution in [0.4, 0.5) is 0 Å². The van der Waals surface area contributed by atoms with Crippen LogP contribution >= 0.6 is 7.14 Å². The van der Waals surface area contributed by atoms with Crippen molar-refractivity contribution in [2.45, 2.75) is 37.5 Å². The summed E-state index contributed by atoms with van der Waals surface area (Å²) in [6, 6.07) is 98.4. The van der Waals surface area contributed by atoms with Crippen LogP contribution in [0.25, 0.3) is 99.9 Å². The summed E-state index contributed by atoms with van der Waals surface area (Å²) in [6.07, 6.45) is 5.74. The van der Waals surface area contributed by atoms with Gasteiger partial charge in [-0.25, -0.2) is 15.0 Å². The molecule has 5 heteroatoms. The Morgan fingerprint density at radius 1 is 0.300 bits per heavy atom. The smallest absolute Gasteiger partial charge is 0.171 e. The normalized spacial score (nSPS) is 13.4. The number of rotatable bonds is 11. The van der Waals surface area contributed by atoms with E-state index in [-0.39, 0.29) is 5.41 Å². The van der Waals surface area contributed by atoms with Crippen molar-refractivity contribution >= 4 is 55.4 Å². The molecule has 382 valence electrons. The Labute approximate surface area is 467 Å². The van der Waals surface area contributed by atoms with Crippen LogP contribution in [0.15, 0.2) is 279 Å². The molecule has 13 aromatic rings. The summed E-state index contributed by atoms with van der Waals surface area (Å²) in [7, 11) is -3.13. The summed E-state index contributed by atoms with van der Waals surface area (Å²) in [5.74, 6) is 1.94. The van der Waals surface area contributed by atoms with Crippen LogP contribution in [0.3, 0.4) is 0 Å². The van der Waals surface area contributed by atoms with Gasteiger partial charge in [0.1, 0.15) is 0 Å². The minimum Gasteiger partial charge on any atom is -0.309 e. The Kier molecular flexibility index (Phi) is 12.7. The maximum absolute atomic E-state index is 15.4. The lowest BCUT2D eigenvalue weighted by Crippen LogP contribution is -2.30. The van der Waals surface area contributed by atoms with E-state index in [1.807, 2.05) is 66.7 Å². The second kappa shape index (κ2) is 20.8. The molecule has 0 unspecified atom stereocenters. The summed E-state index contributed by atoms with van der Waals surface area (Å²) >= 11 is 0. The number of fused-ring (bicyclic) bond motifs is 3. The van der Waals surface area contributed by atoms with Gasteiger partial charge < -0.3 is 4.57 Å². The van der Waals surface area contributed by atoms with Gasteiger partial charge in [-0.15, -0.1) is 0 Å². The fourth-order valence-corrected chi connectivity index (χ4v) is 15.4. The number of hydrogen-bond donors (Lipinski definition) is 0. The quantitative estimate of drug-likeness (QED) is 0.0957. The van der Waals surface area contributed by atoms with Crippen LogP contribution in [-0.2, 0) is 9.98 Å². The third-order valence-electron chi connectivity index (χ3n) is 16.7. The molecule has 1 fully saturated rings. The van der Waals surface area contributed by atoms with Crippen molar-refractivity contribution < 1.29 is 4.57 Å². The van der Waals surface area contributed by atoms with Gasteiger partial charge in [0, 0.05) is 38.0 Å². The molecule has 0 N–H and O–H groups in total. The minimum atomic E-state index is -3.13. The lowest BCUT2D eigenvalue weighted by Gasteiger charge is -2.39. The van der Waals surface area contributed by atoms with Gasteiger partial charge in [-0.1, -0.05) is 292 Å². The molecule has 0 aliphatic heterocycles. The van der Waals surface area contributed by atoms with Crippen molar-refractivity contribution in [1.29, 1.82) is 0 Å². The fraction of sp³-hybridized carbons (Fsp3) is 0.0800. The highest BCUT2D eigenvalue weighted by Crippen LogP contribution is 2.49. The zero-order valence-corrected chi connectivity index (χ0v) is 45.2. The molecule has 12 aromatic carbocycles. The average molecular weight is 1050 g/mol. The molecule has 0 bridgehead atoms. The Hall–Kier alpha value is -9.34. The highest BCUT2D eigenvalue weighted by atomic mass is 31.2. The number of nitrogens with zero attached hydrogens (tertiary/aromatic N) is 3. The largest absolute Gasteiger partial charge is 0.309 e. The molecule has 0 atom stereocenters. The van der Waals surface area contributed by atoms with E-state index in [4.69, 9.17) is 15.0 Å². The Morgan fingerprint density at radius 2 is 0.700 bits per heavy atom. The molecule has 1 heterocycles. The molecule has 1 aromatic heterocycles. The van der Waals surface area contributed by atoms with E-state index >= 15 is 4.57 Å². The number of benzene rings is 12. The lowest BCUT2D eigenvalue weighted by atomic mass is 9.65. The van der Waals surface area contributed by atoms with Crippen molar-refractivity contribution in [3.8, 4) is 67.5 Å². The number of aromatic nitrogens is 3. The van der Waals surface area contributed by atoms with Crippen molar-refractivity contribution in [1.82, 2.24) is 15.0 Å². The van der Waals surface area contributed by atoms with Crippen LogP contribution in [0.2, 0.25) is 0 Å². The van der Waals surface area contributed by atoms with Gasteiger partial charge in [-0.3, -0.25) is 0 Å². The first-order chi connectivity index (χ1) is 39.5. The van der Waals surface area contributed by atoms with E-state index in [2.05, 4.69) is 212 Å². The molecule has 80 heavy (non-hydrogen) atoms. The maximum Gasteiger partial charge on any atom is 0.171 e. The first-order valence-corrected chi connectivity index (χ1v) is 29.6. The average Bonchev–Trinajstić information content (AvgIpc) is 3.73. The summed E-state index contributed by atoms with van der Waals surface area (Å²) < 4.78 is 15.4. The zero-order valence-electron chi connectivity index (χ0n) is 44.3. The van der Waals surface area contributed by atoms with Gasteiger partial charge in [-0.05, 0) is 95.7 Å². The molecule has 4 nitrogen and oxygen atoms in total. The molecule has 0 radical (unpaired) electrons. The van der Waals surface area contributed by atoms with E-state index in [9.17, 15) is 0 Å². The molecule has 1 saturated carbocycles. The van der Waals surface area contributed by atoms with E-state index < -0.39 is 7.14 Å². The van der Waals surface area contributed by atoms with Gasteiger partial charge in [0.25, 0.3) is 0 Å². The molecule has 0 saturated heterocycles. The fourth-order valence-electron chi connectivity index (χ4n) is 12.7. The van der Waals surface area contributed by atoms with E-state index in [0.29, 0.717) is 17.5 Å². The predicted octanol–water partition coefficient (Wildman–Crippen LogP) is 18.2. The first kappa shape index (κ1) is 49.0. The topological polar surface area (TPSA) is 55.7 Å². The molecular weight excluding hydrogens is 990 g/mol. The molecule has 0 spiro atoms. The Morgan fingerprint density at radius 3 is 1.26 bits per heavy atom. The van der Waals surface area contributed by atoms with Gasteiger partial charge in [0.15, 0.2) is 24.6 Å². The monoisotopic (exact) mass is 1050 g/mol. The third-order valence-corrected chi connectivity index (χ3v) is 19.8. The lowest BCUT2D eigenvalue weighted by molar-refractivity contribution is 0.346. The second-order valence-electron chi connectivity index (χ2n) is 21.2. The SMILES string of the molecule is O=P(c1ccccc1)(c1ccccc1)c1ccc(-c2c3ccccc3c(-c3ccc(C4(c5ccc(-c6nc(-c7cccc(-c8ccccc8)c7)nc(-c7cccc8ccccc78)n6)cc5)CCCCC4)cc3)c3ccccc23)cc1. The van der Waals surface area contributed by atoms with Crippen LogP contribution < -0.4 is 15.9 Å². The Balaban J connectivity index is 0.827. The van der Waals surface area contributed by atoms with Crippen LogP contribution in [0.5, 0.6) is 0 Å². The molecule has 1 aliphatic rings. The van der Waals surface area contributed by atoms with E-state index in [1.165, 1.54) is 68.6 Å². The minimum absolute atomic E-state index is 0.142. The number of hydrogen-bond acceptors (Lipinski definition) is 4. The van der Waals surface area contributed by atoms with Crippen LogP contribution in [0.1, 0.15) is 43.2 Å². The van der Waals surface area contributed by atoms with Crippen LogP contribution in [-0.4, -0.2) is 15.0 Å². The van der Waals surface area contributed by atoms with Crippen molar-refractivity contribution in [2.75, 3.05) is 0 Å². The summed E-state index contributed by atoms with van der Waals surface area (Å²) in [6.45, 7) is 0. The third kappa shape index (κ3) is 8.74. The Bertz CT molecular complexity index is 4340. The summed E-state index contributed by atoms with van der Waals surface area (Å²) in [4.78, 5) is 15.7. The standard InChI is InChI=1S/C75H56N3OP/c79-80(61-27-7-2-8-28-61,62-29-9-3-10-30-62)63-47-41-55(42-48-63)71-67-34-15-13-32-65(67)70(66-33-14-16-35-68(66)71)54-37-43-59(44-38-54)75(49-17-4-18-50-75)60-45-39-56(40-46-60)72-76-73(58-26-19-25-57(51-58)52-21-5-1-6-22-52)78-74(77-72)69-36-20-24-53-23-11-12-31-64(53)69/h1-3,5-16,19-48,51H,4,17-18,49-50H2. The summed E-state index contributed by atoms with van der Waals surface area (Å²) in [5, 5.41) is 9.51. The van der Waals surface area contributed by atoms with Gasteiger partial charge in [0.2, 0.25) is 0 Å². The summed E-state index contributed by atoms with van der Waals surface area (Å²) in [5.41, 5.74) is 12.4. The van der Waals surface area contributed by atoms with Gasteiger partial charge in [0.05, 0.1) is 0 Å². The van der Waals surface area contributed by atoms with Gasteiger partial charge >= 0.3 is 0 Å². The highest BCUT2D eigenvalue weighted by molar-refractivity contribution is 7.85. The van der Waals surface area contributed by atoms with E-state index in [1.54, 1.807) is 0 Å². The molecule has 14 rings (SSSR count). The van der Waals surface area contributed by atoms with Crippen molar-refractivity contribution in [3.05, 3.63) is 290 Å². The second-order valence-corrected chi connectivity index (χ2v) is 24.0. The molecular formula is C75H56N3OP. The van der Waals surface area contributed by atoms with Gasteiger partial charge in [-0.2, -0.15) is 0 Å². The first-order valence-electron chi connectivity index (χ1n) is 27.9.